The first-order valence-corrected chi connectivity index (χ1v) is 9.49. The van der Waals surface area contributed by atoms with Crippen LogP contribution >= 0.6 is 34.4 Å². The third-order valence-electron chi connectivity index (χ3n) is 2.74. The van der Waals surface area contributed by atoms with Crippen LogP contribution in [0.1, 0.15) is 15.4 Å². The van der Waals surface area contributed by atoms with E-state index in [-0.39, 0.29) is 23.3 Å². The monoisotopic (exact) mass is 380 g/mol. The molecule has 3 heterocycles. The fourth-order valence-electron chi connectivity index (χ4n) is 1.66. The summed E-state index contributed by atoms with van der Waals surface area (Å²) < 4.78 is 5.61. The molecule has 0 bridgehead atoms. The number of nitrogens with zero attached hydrogens (tertiary/aromatic N) is 2. The lowest BCUT2D eigenvalue weighted by Crippen LogP contribution is -2.24. The molecule has 0 aliphatic rings. The minimum Gasteiger partial charge on any atom is -0.459 e. The van der Waals surface area contributed by atoms with Gasteiger partial charge in [-0.1, -0.05) is 29.2 Å². The zero-order chi connectivity index (χ0) is 16.8. The molecule has 124 valence electrons. The van der Waals surface area contributed by atoms with E-state index in [9.17, 15) is 9.59 Å². The van der Waals surface area contributed by atoms with Crippen LogP contribution in [0.4, 0.5) is 5.13 Å². The van der Waals surface area contributed by atoms with Crippen LogP contribution in [-0.2, 0) is 11.3 Å². The van der Waals surface area contributed by atoms with Crippen molar-refractivity contribution in [3.63, 3.8) is 0 Å². The summed E-state index contributed by atoms with van der Waals surface area (Å²) >= 11 is 4.08. The molecule has 24 heavy (non-hydrogen) atoms. The molecule has 10 heteroatoms. The van der Waals surface area contributed by atoms with Crippen molar-refractivity contribution in [1.29, 1.82) is 0 Å². The first kappa shape index (κ1) is 16.7. The van der Waals surface area contributed by atoms with Gasteiger partial charge in [-0.05, 0) is 23.6 Å². The van der Waals surface area contributed by atoms with Crippen LogP contribution < -0.4 is 10.6 Å². The number of thioether (sulfide) groups is 1. The SMILES string of the molecule is O=C(CSc1nnc(NC(=O)c2ccco2)s1)NCc1cccs1. The van der Waals surface area contributed by atoms with Gasteiger partial charge in [0, 0.05) is 4.88 Å². The molecule has 0 fully saturated rings. The van der Waals surface area contributed by atoms with Gasteiger partial charge in [-0.15, -0.1) is 21.5 Å². The van der Waals surface area contributed by atoms with Crippen molar-refractivity contribution in [1.82, 2.24) is 15.5 Å². The molecule has 0 atom stereocenters. The van der Waals surface area contributed by atoms with Gasteiger partial charge >= 0.3 is 0 Å². The normalized spacial score (nSPS) is 10.5. The number of hydrogen-bond donors (Lipinski definition) is 2. The van der Waals surface area contributed by atoms with Gasteiger partial charge in [-0.3, -0.25) is 14.9 Å². The standard InChI is InChI=1S/C14H12N4O3S3/c19-11(15-7-9-3-2-6-22-9)8-23-14-18-17-13(24-14)16-12(20)10-4-1-5-21-10/h1-6H,7-8H2,(H,15,19)(H,16,17,20). The molecule has 3 aromatic heterocycles. The number of carbonyl (C=O) groups is 2. The molecule has 2 N–H and O–H groups in total. The molecule has 0 aliphatic heterocycles. The lowest BCUT2D eigenvalue weighted by atomic mass is 10.4. The first-order valence-electron chi connectivity index (χ1n) is 6.81. The summed E-state index contributed by atoms with van der Waals surface area (Å²) in [6.45, 7) is 0.525. The Morgan fingerprint density at radius 2 is 2.17 bits per heavy atom. The summed E-state index contributed by atoms with van der Waals surface area (Å²) in [4.78, 5) is 24.7. The zero-order valence-electron chi connectivity index (χ0n) is 12.2. The van der Waals surface area contributed by atoms with Crippen LogP contribution in [0, 0.1) is 0 Å². The number of nitrogens with one attached hydrogen (secondary N) is 2. The van der Waals surface area contributed by atoms with Crippen molar-refractivity contribution in [3.8, 4) is 0 Å². The number of anilines is 1. The largest absolute Gasteiger partial charge is 0.459 e. The Balaban J connectivity index is 1.44. The topological polar surface area (TPSA) is 97.1 Å². The maximum absolute atomic E-state index is 11.8. The van der Waals surface area contributed by atoms with Crippen molar-refractivity contribution in [2.24, 2.45) is 0 Å². The number of thiophene rings is 1. The lowest BCUT2D eigenvalue weighted by molar-refractivity contribution is -0.118. The van der Waals surface area contributed by atoms with E-state index in [4.69, 9.17) is 4.42 Å². The first-order chi connectivity index (χ1) is 11.7. The van der Waals surface area contributed by atoms with Crippen LogP contribution in [0.15, 0.2) is 44.7 Å². The Labute approximate surface area is 149 Å². The quantitative estimate of drug-likeness (QED) is 0.483. The molecule has 0 aliphatic carbocycles. The molecule has 0 aromatic carbocycles. The fraction of sp³-hybridized carbons (Fsp3) is 0.143. The lowest BCUT2D eigenvalue weighted by Gasteiger charge is -2.01. The van der Waals surface area contributed by atoms with Gasteiger partial charge in [-0.2, -0.15) is 0 Å². The van der Waals surface area contributed by atoms with Crippen LogP contribution in [0.5, 0.6) is 0 Å². The molecule has 2 amide bonds. The maximum atomic E-state index is 11.8. The van der Waals surface area contributed by atoms with Crippen molar-refractivity contribution >= 4 is 51.4 Å². The van der Waals surface area contributed by atoms with E-state index < -0.39 is 0 Å². The van der Waals surface area contributed by atoms with Gasteiger partial charge in [0.2, 0.25) is 11.0 Å². The molecule has 0 unspecified atom stereocenters. The second-order valence-corrected chi connectivity index (χ2v) is 7.68. The summed E-state index contributed by atoms with van der Waals surface area (Å²) in [5, 5.41) is 15.6. The van der Waals surface area contributed by atoms with E-state index in [2.05, 4.69) is 20.8 Å². The van der Waals surface area contributed by atoms with E-state index in [1.54, 1.807) is 23.5 Å². The highest BCUT2D eigenvalue weighted by Crippen LogP contribution is 2.25. The fourth-order valence-corrected chi connectivity index (χ4v) is 3.88. The van der Waals surface area contributed by atoms with Gasteiger partial charge in [0.05, 0.1) is 18.6 Å². The van der Waals surface area contributed by atoms with Crippen molar-refractivity contribution < 1.29 is 14.0 Å². The number of amides is 2. The van der Waals surface area contributed by atoms with Crippen molar-refractivity contribution in [2.45, 2.75) is 10.9 Å². The minimum atomic E-state index is -0.388. The number of hydrogen-bond acceptors (Lipinski definition) is 8. The third-order valence-corrected chi connectivity index (χ3v) is 5.59. The third kappa shape index (κ3) is 4.66. The highest BCUT2D eigenvalue weighted by atomic mass is 32.2. The average Bonchev–Trinajstić information content (AvgIpc) is 3.32. The molecular formula is C14H12N4O3S3. The molecule has 0 saturated carbocycles. The zero-order valence-corrected chi connectivity index (χ0v) is 14.7. The second kappa shape index (κ2) is 8.08. The van der Waals surface area contributed by atoms with Gasteiger partial charge in [0.15, 0.2) is 10.1 Å². The Kier molecular flexibility index (Phi) is 5.62. The molecule has 0 radical (unpaired) electrons. The summed E-state index contributed by atoms with van der Waals surface area (Å²) in [6.07, 6.45) is 1.42. The molecular weight excluding hydrogens is 368 g/mol. The number of carbonyl (C=O) groups excluding carboxylic acids is 2. The summed E-state index contributed by atoms with van der Waals surface area (Å²) in [5.41, 5.74) is 0. The Hall–Kier alpha value is -2.17. The van der Waals surface area contributed by atoms with E-state index >= 15 is 0 Å². The maximum Gasteiger partial charge on any atom is 0.293 e. The van der Waals surface area contributed by atoms with Crippen LogP contribution in [0.2, 0.25) is 0 Å². The van der Waals surface area contributed by atoms with E-state index in [1.165, 1.54) is 29.4 Å². The molecule has 0 saturated heterocycles. The molecule has 3 rings (SSSR count). The molecule has 7 nitrogen and oxygen atoms in total. The Morgan fingerprint density at radius 3 is 2.92 bits per heavy atom. The number of furan rings is 1. The van der Waals surface area contributed by atoms with Gasteiger partial charge in [0.1, 0.15) is 0 Å². The van der Waals surface area contributed by atoms with Gasteiger partial charge in [0.25, 0.3) is 5.91 Å². The highest BCUT2D eigenvalue weighted by Gasteiger charge is 2.13. The highest BCUT2D eigenvalue weighted by molar-refractivity contribution is 8.01. The van der Waals surface area contributed by atoms with E-state index in [0.717, 1.165) is 4.88 Å². The predicted octanol–water partition coefficient (Wildman–Crippen LogP) is 2.85. The molecule has 3 aromatic rings. The van der Waals surface area contributed by atoms with Gasteiger partial charge in [-0.25, -0.2) is 0 Å². The summed E-state index contributed by atoms with van der Waals surface area (Å²) in [7, 11) is 0. The van der Waals surface area contributed by atoms with E-state index in [0.29, 0.717) is 16.0 Å². The number of rotatable bonds is 7. The van der Waals surface area contributed by atoms with Crippen LogP contribution in [-0.4, -0.2) is 27.8 Å². The summed E-state index contributed by atoms with van der Waals surface area (Å²) in [6, 6.07) is 7.10. The summed E-state index contributed by atoms with van der Waals surface area (Å²) in [5.74, 6) is -0.0231. The number of aromatic nitrogens is 2. The van der Waals surface area contributed by atoms with Gasteiger partial charge < -0.3 is 9.73 Å². The van der Waals surface area contributed by atoms with E-state index in [1.807, 2.05) is 17.5 Å². The van der Waals surface area contributed by atoms with Crippen molar-refractivity contribution in [3.05, 3.63) is 46.5 Å². The minimum absolute atomic E-state index is 0.0789. The predicted molar refractivity (Wildman–Crippen MR) is 93.5 cm³/mol. The Morgan fingerprint density at radius 1 is 1.25 bits per heavy atom. The Bertz CT molecular complexity index is 799. The average molecular weight is 380 g/mol. The molecule has 0 spiro atoms. The second-order valence-electron chi connectivity index (χ2n) is 4.45. The van der Waals surface area contributed by atoms with Crippen molar-refractivity contribution in [2.75, 3.05) is 11.1 Å². The van der Waals surface area contributed by atoms with Crippen LogP contribution in [0.3, 0.4) is 0 Å². The smallest absolute Gasteiger partial charge is 0.293 e. The van der Waals surface area contributed by atoms with Crippen LogP contribution in [0.25, 0.3) is 0 Å².